The van der Waals surface area contributed by atoms with Gasteiger partial charge in [-0.1, -0.05) is 0 Å². The molecule has 0 aromatic heterocycles. The van der Waals surface area contributed by atoms with Crippen LogP contribution in [0.5, 0.6) is 5.75 Å². The molecule has 5 heteroatoms. The Bertz CT molecular complexity index is 508. The molecule has 23 heavy (non-hydrogen) atoms. The lowest BCUT2D eigenvalue weighted by Gasteiger charge is -2.31. The molecular weight excluding hydrogens is 292 g/mol. The van der Waals surface area contributed by atoms with Crippen LogP contribution in [0.1, 0.15) is 46.5 Å². The Morgan fingerprint density at radius 1 is 1.13 bits per heavy atom. The maximum atomic E-state index is 11.9. The van der Waals surface area contributed by atoms with Crippen LogP contribution in [0.2, 0.25) is 0 Å². The topological polar surface area (TPSA) is 59.6 Å². The molecule has 0 aliphatic heterocycles. The van der Waals surface area contributed by atoms with Crippen molar-refractivity contribution in [2.24, 2.45) is 0 Å². The Labute approximate surface area is 138 Å². The van der Waals surface area contributed by atoms with E-state index >= 15 is 0 Å². The van der Waals surface area contributed by atoms with Gasteiger partial charge in [-0.25, -0.2) is 4.79 Å². The summed E-state index contributed by atoms with van der Waals surface area (Å²) in [6.07, 6.45) is 3.78. The zero-order chi connectivity index (χ0) is 16.9. The number of alkyl carbamates (subject to hydrolysis) is 1. The minimum Gasteiger partial charge on any atom is -0.497 e. The Morgan fingerprint density at radius 2 is 1.78 bits per heavy atom. The summed E-state index contributed by atoms with van der Waals surface area (Å²) in [6, 6.07) is 8.45. The SMILES string of the molecule is COc1ccc(NC2CCCC(NC(=O)OC(C)(C)C)C2)cc1. The molecule has 5 nitrogen and oxygen atoms in total. The third kappa shape index (κ3) is 6.00. The number of anilines is 1. The van der Waals surface area contributed by atoms with Gasteiger partial charge in [-0.15, -0.1) is 0 Å². The van der Waals surface area contributed by atoms with E-state index in [1.807, 2.05) is 45.0 Å². The molecule has 1 fully saturated rings. The quantitative estimate of drug-likeness (QED) is 0.882. The summed E-state index contributed by atoms with van der Waals surface area (Å²) in [7, 11) is 1.66. The molecule has 0 bridgehead atoms. The molecule has 0 radical (unpaired) electrons. The molecule has 1 aliphatic rings. The minimum absolute atomic E-state index is 0.161. The molecule has 1 saturated carbocycles. The highest BCUT2D eigenvalue weighted by molar-refractivity contribution is 5.68. The molecule has 128 valence electrons. The van der Waals surface area contributed by atoms with Gasteiger partial charge in [-0.3, -0.25) is 0 Å². The summed E-state index contributed by atoms with van der Waals surface area (Å²) in [5, 5.41) is 6.52. The van der Waals surface area contributed by atoms with E-state index in [0.717, 1.165) is 37.1 Å². The molecule has 2 unspecified atom stereocenters. The summed E-state index contributed by atoms with van der Waals surface area (Å²) >= 11 is 0. The van der Waals surface area contributed by atoms with Crippen molar-refractivity contribution in [3.63, 3.8) is 0 Å². The first-order chi connectivity index (χ1) is 10.9. The fourth-order valence-electron chi connectivity index (χ4n) is 2.85. The third-order valence-corrected chi connectivity index (χ3v) is 3.86. The highest BCUT2D eigenvalue weighted by atomic mass is 16.6. The smallest absolute Gasteiger partial charge is 0.407 e. The van der Waals surface area contributed by atoms with Crippen LogP contribution in [-0.2, 0) is 4.74 Å². The van der Waals surface area contributed by atoms with Crippen molar-refractivity contribution in [1.29, 1.82) is 0 Å². The van der Waals surface area contributed by atoms with E-state index in [4.69, 9.17) is 9.47 Å². The van der Waals surface area contributed by atoms with Gasteiger partial charge in [0.15, 0.2) is 0 Å². The van der Waals surface area contributed by atoms with Crippen LogP contribution in [0.3, 0.4) is 0 Å². The van der Waals surface area contributed by atoms with Gasteiger partial charge >= 0.3 is 6.09 Å². The van der Waals surface area contributed by atoms with Crippen molar-refractivity contribution in [3.05, 3.63) is 24.3 Å². The Morgan fingerprint density at radius 3 is 2.39 bits per heavy atom. The van der Waals surface area contributed by atoms with Crippen molar-refractivity contribution >= 4 is 11.8 Å². The number of benzene rings is 1. The minimum atomic E-state index is -0.459. The zero-order valence-corrected chi connectivity index (χ0v) is 14.5. The molecule has 1 aromatic rings. The lowest BCUT2D eigenvalue weighted by molar-refractivity contribution is 0.0492. The maximum Gasteiger partial charge on any atom is 0.407 e. The van der Waals surface area contributed by atoms with Crippen molar-refractivity contribution in [2.75, 3.05) is 12.4 Å². The molecule has 1 amide bonds. The first-order valence-corrected chi connectivity index (χ1v) is 8.26. The van der Waals surface area contributed by atoms with Crippen molar-refractivity contribution < 1.29 is 14.3 Å². The van der Waals surface area contributed by atoms with E-state index in [1.165, 1.54) is 0 Å². The molecule has 2 N–H and O–H groups in total. The summed E-state index contributed by atoms with van der Waals surface area (Å²) < 4.78 is 10.5. The molecule has 2 rings (SSSR count). The van der Waals surface area contributed by atoms with Gasteiger partial charge in [-0.2, -0.15) is 0 Å². The highest BCUT2D eigenvalue weighted by Crippen LogP contribution is 2.24. The third-order valence-electron chi connectivity index (χ3n) is 3.86. The Balaban J connectivity index is 1.84. The number of rotatable bonds is 4. The fourth-order valence-corrected chi connectivity index (χ4v) is 2.85. The fraction of sp³-hybridized carbons (Fsp3) is 0.611. The van der Waals surface area contributed by atoms with Crippen LogP contribution in [0.15, 0.2) is 24.3 Å². The van der Waals surface area contributed by atoms with Crippen LogP contribution in [0.4, 0.5) is 10.5 Å². The second-order valence-electron chi connectivity index (χ2n) is 7.08. The number of carbonyl (C=O) groups excluding carboxylic acids is 1. The molecule has 0 saturated heterocycles. The summed E-state index contributed by atoms with van der Waals surface area (Å²) in [6.45, 7) is 5.63. The number of methoxy groups -OCH3 is 1. The largest absolute Gasteiger partial charge is 0.497 e. The van der Waals surface area contributed by atoms with Gasteiger partial charge in [0.25, 0.3) is 0 Å². The van der Waals surface area contributed by atoms with Crippen LogP contribution < -0.4 is 15.4 Å². The lowest BCUT2D eigenvalue weighted by atomic mass is 9.91. The summed E-state index contributed by atoms with van der Waals surface area (Å²) in [5.41, 5.74) is 0.619. The van der Waals surface area contributed by atoms with Gasteiger partial charge in [0, 0.05) is 17.8 Å². The summed E-state index contributed by atoms with van der Waals surface area (Å²) in [5.74, 6) is 0.851. The number of hydrogen-bond acceptors (Lipinski definition) is 4. The Hall–Kier alpha value is -1.91. The summed E-state index contributed by atoms with van der Waals surface area (Å²) in [4.78, 5) is 11.9. The van der Waals surface area contributed by atoms with E-state index in [2.05, 4.69) is 10.6 Å². The number of carbonyl (C=O) groups is 1. The number of hydrogen-bond donors (Lipinski definition) is 2. The first-order valence-electron chi connectivity index (χ1n) is 8.26. The zero-order valence-electron chi connectivity index (χ0n) is 14.5. The van der Waals surface area contributed by atoms with E-state index in [0.29, 0.717) is 6.04 Å². The molecule has 1 aliphatic carbocycles. The molecule has 1 aromatic carbocycles. The normalized spacial score (nSPS) is 21.4. The van der Waals surface area contributed by atoms with Gasteiger partial charge in [0.1, 0.15) is 11.4 Å². The number of amides is 1. The lowest BCUT2D eigenvalue weighted by Crippen LogP contribution is -2.43. The maximum absolute atomic E-state index is 11.9. The van der Waals surface area contributed by atoms with Gasteiger partial charge in [0.2, 0.25) is 0 Å². The monoisotopic (exact) mass is 320 g/mol. The van der Waals surface area contributed by atoms with Crippen molar-refractivity contribution in [1.82, 2.24) is 5.32 Å². The number of ether oxygens (including phenoxy) is 2. The molecule has 0 spiro atoms. The average Bonchev–Trinajstić information content (AvgIpc) is 2.46. The van der Waals surface area contributed by atoms with E-state index in [-0.39, 0.29) is 12.1 Å². The van der Waals surface area contributed by atoms with E-state index < -0.39 is 5.60 Å². The van der Waals surface area contributed by atoms with E-state index in [9.17, 15) is 4.79 Å². The molecule has 2 atom stereocenters. The number of nitrogens with one attached hydrogen (secondary N) is 2. The van der Waals surface area contributed by atoms with E-state index in [1.54, 1.807) is 7.11 Å². The molecule has 0 heterocycles. The van der Waals surface area contributed by atoms with Gasteiger partial charge < -0.3 is 20.1 Å². The molecular formula is C18H28N2O3. The van der Waals surface area contributed by atoms with Crippen LogP contribution in [-0.4, -0.2) is 30.9 Å². The van der Waals surface area contributed by atoms with Gasteiger partial charge in [-0.05, 0) is 70.7 Å². The highest BCUT2D eigenvalue weighted by Gasteiger charge is 2.25. The average molecular weight is 320 g/mol. The predicted molar refractivity (Wildman–Crippen MR) is 92.0 cm³/mol. The predicted octanol–water partition coefficient (Wildman–Crippen LogP) is 3.94. The van der Waals surface area contributed by atoms with Crippen molar-refractivity contribution in [3.8, 4) is 5.75 Å². The second kappa shape index (κ2) is 7.57. The van der Waals surface area contributed by atoms with Gasteiger partial charge in [0.05, 0.1) is 7.11 Å². The second-order valence-corrected chi connectivity index (χ2v) is 7.08. The van der Waals surface area contributed by atoms with Crippen LogP contribution in [0.25, 0.3) is 0 Å². The standard InChI is InChI=1S/C18H28N2O3/c1-18(2,3)23-17(21)20-15-7-5-6-14(12-15)19-13-8-10-16(22-4)11-9-13/h8-11,14-15,19H,5-7,12H2,1-4H3,(H,20,21). The van der Waals surface area contributed by atoms with Crippen LogP contribution in [0, 0.1) is 0 Å². The van der Waals surface area contributed by atoms with Crippen LogP contribution >= 0.6 is 0 Å². The Kier molecular flexibility index (Phi) is 5.74. The van der Waals surface area contributed by atoms with Crippen molar-refractivity contribution in [2.45, 2.75) is 64.1 Å². The first kappa shape index (κ1) is 17.4.